The molecular formula is C12H18BrClN2O2S. The molecule has 0 saturated carbocycles. The number of nitrogens with one attached hydrogen (secondary N) is 1. The van der Waals surface area contributed by atoms with E-state index in [0.717, 1.165) is 12.0 Å². The van der Waals surface area contributed by atoms with E-state index < -0.39 is 10.0 Å². The molecule has 1 aromatic rings. The highest BCUT2D eigenvalue weighted by atomic mass is 79.9. The van der Waals surface area contributed by atoms with Gasteiger partial charge in [0, 0.05) is 23.6 Å². The molecule has 19 heavy (non-hydrogen) atoms. The molecule has 0 aliphatic carbocycles. The van der Waals surface area contributed by atoms with Gasteiger partial charge in [-0.05, 0) is 54.0 Å². The van der Waals surface area contributed by atoms with Gasteiger partial charge in [-0.15, -0.1) is 12.4 Å². The number of hydrogen-bond acceptors (Lipinski definition) is 3. The van der Waals surface area contributed by atoms with Gasteiger partial charge in [0.25, 0.3) is 0 Å². The molecule has 1 aromatic carbocycles. The van der Waals surface area contributed by atoms with E-state index in [-0.39, 0.29) is 18.4 Å². The van der Waals surface area contributed by atoms with Crippen molar-refractivity contribution in [3.8, 4) is 0 Å². The molecule has 1 fully saturated rings. The van der Waals surface area contributed by atoms with Gasteiger partial charge < -0.3 is 5.32 Å². The number of aryl methyl sites for hydroxylation is 1. The molecule has 0 aromatic heterocycles. The van der Waals surface area contributed by atoms with Gasteiger partial charge >= 0.3 is 0 Å². The molecule has 1 unspecified atom stereocenters. The standard InChI is InChI=1S/C12H17BrN2O2S.ClH/c1-9-3-4-12(11(13)7-9)18(16,17)15-6-5-10(8-15)14-2;/h3-4,7,10,14H,5-6,8H2,1-2H3;1H. The molecule has 4 nitrogen and oxygen atoms in total. The fourth-order valence-electron chi connectivity index (χ4n) is 2.14. The smallest absolute Gasteiger partial charge is 0.244 e. The number of likely N-dealkylation sites (N-methyl/N-ethyl adjacent to an activating group) is 1. The summed E-state index contributed by atoms with van der Waals surface area (Å²) in [6.45, 7) is 3.06. The van der Waals surface area contributed by atoms with Crippen LogP contribution in [0.15, 0.2) is 27.6 Å². The van der Waals surface area contributed by atoms with Crippen molar-refractivity contribution >= 4 is 38.4 Å². The Kier molecular flexibility index (Phi) is 5.82. The van der Waals surface area contributed by atoms with Crippen molar-refractivity contribution in [1.29, 1.82) is 0 Å². The summed E-state index contributed by atoms with van der Waals surface area (Å²) in [4.78, 5) is 0.352. The Morgan fingerprint density at radius 3 is 2.63 bits per heavy atom. The van der Waals surface area contributed by atoms with Crippen LogP contribution in [-0.4, -0.2) is 38.9 Å². The monoisotopic (exact) mass is 368 g/mol. The lowest BCUT2D eigenvalue weighted by molar-refractivity contribution is 0.464. The van der Waals surface area contributed by atoms with Crippen LogP contribution < -0.4 is 5.32 Å². The molecule has 7 heteroatoms. The lowest BCUT2D eigenvalue weighted by Crippen LogP contribution is -2.33. The molecule has 108 valence electrons. The van der Waals surface area contributed by atoms with Crippen molar-refractivity contribution < 1.29 is 8.42 Å². The molecule has 0 spiro atoms. The third kappa shape index (κ3) is 3.49. The predicted octanol–water partition coefficient (Wildman–Crippen LogP) is 2.16. The third-order valence-corrected chi connectivity index (χ3v) is 6.11. The minimum atomic E-state index is -3.38. The number of sulfonamides is 1. The van der Waals surface area contributed by atoms with Crippen molar-refractivity contribution in [2.24, 2.45) is 0 Å². The normalized spacial score (nSPS) is 20.3. The zero-order valence-corrected chi connectivity index (χ0v) is 14.1. The maximum atomic E-state index is 12.5. The van der Waals surface area contributed by atoms with Crippen LogP contribution in [0.2, 0.25) is 0 Å². The summed E-state index contributed by atoms with van der Waals surface area (Å²) in [7, 11) is -1.52. The Morgan fingerprint density at radius 1 is 1.42 bits per heavy atom. The molecule has 1 aliphatic rings. The molecule has 1 atom stereocenters. The third-order valence-electron chi connectivity index (χ3n) is 3.26. The first-order chi connectivity index (χ1) is 8.45. The highest BCUT2D eigenvalue weighted by Crippen LogP contribution is 2.28. The van der Waals surface area contributed by atoms with Crippen molar-refractivity contribution in [3.05, 3.63) is 28.2 Å². The Bertz CT molecular complexity index is 551. The minimum absolute atomic E-state index is 0. The molecular weight excluding hydrogens is 352 g/mol. The summed E-state index contributed by atoms with van der Waals surface area (Å²) in [6.07, 6.45) is 0.860. The number of hydrogen-bond donors (Lipinski definition) is 1. The molecule has 1 heterocycles. The van der Waals surface area contributed by atoms with Crippen LogP contribution in [-0.2, 0) is 10.0 Å². The largest absolute Gasteiger partial charge is 0.316 e. The van der Waals surface area contributed by atoms with Crippen molar-refractivity contribution in [3.63, 3.8) is 0 Å². The maximum absolute atomic E-state index is 12.5. The van der Waals surface area contributed by atoms with E-state index in [1.165, 1.54) is 0 Å². The predicted molar refractivity (Wildman–Crippen MR) is 82.4 cm³/mol. The molecule has 0 amide bonds. The highest BCUT2D eigenvalue weighted by molar-refractivity contribution is 9.10. The van der Waals surface area contributed by atoms with Gasteiger partial charge in [0.2, 0.25) is 10.0 Å². The molecule has 0 radical (unpaired) electrons. The molecule has 2 rings (SSSR count). The van der Waals surface area contributed by atoms with Gasteiger partial charge in [-0.3, -0.25) is 0 Å². The van der Waals surface area contributed by atoms with Gasteiger partial charge in [0.05, 0.1) is 4.90 Å². The SMILES string of the molecule is CNC1CCN(S(=O)(=O)c2ccc(C)cc2Br)C1.Cl. The van der Waals surface area contributed by atoms with E-state index in [4.69, 9.17) is 0 Å². The summed E-state index contributed by atoms with van der Waals surface area (Å²) in [5.41, 5.74) is 1.04. The van der Waals surface area contributed by atoms with Crippen molar-refractivity contribution in [2.45, 2.75) is 24.3 Å². The number of halogens is 2. The number of nitrogens with zero attached hydrogens (tertiary/aromatic N) is 1. The fraction of sp³-hybridized carbons (Fsp3) is 0.500. The Labute approximate surface area is 129 Å². The second kappa shape index (κ2) is 6.54. The van der Waals surface area contributed by atoms with Gasteiger partial charge in [-0.1, -0.05) is 6.07 Å². The van der Waals surface area contributed by atoms with Gasteiger partial charge in [0.15, 0.2) is 0 Å². The first-order valence-electron chi connectivity index (χ1n) is 5.88. The van der Waals surface area contributed by atoms with Gasteiger partial charge in [-0.2, -0.15) is 4.31 Å². The van der Waals surface area contributed by atoms with Crippen LogP contribution in [0.4, 0.5) is 0 Å². The van der Waals surface area contributed by atoms with E-state index >= 15 is 0 Å². The summed E-state index contributed by atoms with van der Waals surface area (Å²) >= 11 is 3.34. The quantitative estimate of drug-likeness (QED) is 0.888. The lowest BCUT2D eigenvalue weighted by Gasteiger charge is -2.17. The average Bonchev–Trinajstić information content (AvgIpc) is 2.77. The van der Waals surface area contributed by atoms with E-state index in [2.05, 4.69) is 21.2 Å². The number of benzene rings is 1. The van der Waals surface area contributed by atoms with Crippen LogP contribution in [0.1, 0.15) is 12.0 Å². The van der Waals surface area contributed by atoms with Crippen molar-refractivity contribution in [1.82, 2.24) is 9.62 Å². The minimum Gasteiger partial charge on any atom is -0.316 e. The zero-order valence-electron chi connectivity index (χ0n) is 10.9. The highest BCUT2D eigenvalue weighted by Gasteiger charge is 2.32. The topological polar surface area (TPSA) is 49.4 Å². The summed E-state index contributed by atoms with van der Waals surface area (Å²) in [6, 6.07) is 5.58. The molecule has 1 aliphatic heterocycles. The van der Waals surface area contributed by atoms with Crippen LogP contribution in [0.25, 0.3) is 0 Å². The summed E-state index contributed by atoms with van der Waals surface area (Å²) in [5, 5.41) is 3.12. The van der Waals surface area contributed by atoms with Gasteiger partial charge in [0.1, 0.15) is 0 Å². The number of rotatable bonds is 3. The lowest BCUT2D eigenvalue weighted by atomic mass is 10.2. The second-order valence-corrected chi connectivity index (χ2v) is 7.33. The van der Waals surface area contributed by atoms with Crippen LogP contribution in [0.5, 0.6) is 0 Å². The van der Waals surface area contributed by atoms with Crippen molar-refractivity contribution in [2.75, 3.05) is 20.1 Å². The van der Waals surface area contributed by atoms with E-state index in [0.29, 0.717) is 22.5 Å². The molecule has 0 bridgehead atoms. The first kappa shape index (κ1) is 16.9. The fourth-order valence-corrected chi connectivity index (χ4v) is 4.79. The van der Waals surface area contributed by atoms with Crippen LogP contribution in [0, 0.1) is 6.92 Å². The average molecular weight is 370 g/mol. The van der Waals surface area contributed by atoms with E-state index in [1.54, 1.807) is 10.4 Å². The molecule has 1 N–H and O–H groups in total. The summed E-state index contributed by atoms with van der Waals surface area (Å²) < 4.78 is 27.2. The Balaban J connectivity index is 0.00000180. The molecule has 1 saturated heterocycles. The van der Waals surface area contributed by atoms with Crippen LogP contribution in [0.3, 0.4) is 0 Å². The van der Waals surface area contributed by atoms with Crippen LogP contribution >= 0.6 is 28.3 Å². The van der Waals surface area contributed by atoms with E-state index in [1.807, 2.05) is 26.1 Å². The first-order valence-corrected chi connectivity index (χ1v) is 8.12. The van der Waals surface area contributed by atoms with Gasteiger partial charge in [-0.25, -0.2) is 8.42 Å². The summed E-state index contributed by atoms with van der Waals surface area (Å²) in [5.74, 6) is 0. The van der Waals surface area contributed by atoms with E-state index in [9.17, 15) is 8.42 Å². The Hall–Kier alpha value is -0.140. The zero-order chi connectivity index (χ0) is 13.3. The Morgan fingerprint density at radius 2 is 2.11 bits per heavy atom. The second-order valence-electron chi connectivity index (χ2n) is 4.57. The maximum Gasteiger partial charge on any atom is 0.244 e.